The van der Waals surface area contributed by atoms with E-state index >= 15 is 0 Å². The minimum absolute atomic E-state index is 0.0278. The minimum atomic E-state index is -0.867. The summed E-state index contributed by atoms with van der Waals surface area (Å²) in [6.45, 7) is 3.62. The average molecular weight is 332 g/mol. The molecule has 0 aromatic heterocycles. The first-order valence-electron chi connectivity index (χ1n) is 6.66. The summed E-state index contributed by atoms with van der Waals surface area (Å²) < 4.78 is 0. The molecule has 0 aliphatic carbocycles. The molecule has 0 fully saturated rings. The van der Waals surface area contributed by atoms with Crippen molar-refractivity contribution in [2.75, 3.05) is 0 Å². The molecular weight excluding hydrogens is 313 g/mol. The fraction of sp³-hybridized carbons (Fsp3) is 0.467. The number of benzene rings is 1. The topological polar surface area (TPSA) is 66.4 Å². The Balaban J connectivity index is 2.46. The van der Waals surface area contributed by atoms with Crippen molar-refractivity contribution in [1.82, 2.24) is 5.32 Å². The number of aliphatic carboxylic acids is 1. The van der Waals surface area contributed by atoms with Crippen LogP contribution in [0.3, 0.4) is 0 Å². The zero-order chi connectivity index (χ0) is 16.0. The van der Waals surface area contributed by atoms with Crippen LogP contribution in [0.1, 0.15) is 38.7 Å². The Morgan fingerprint density at radius 3 is 2.43 bits per heavy atom. The Morgan fingerprint density at radius 1 is 1.19 bits per heavy atom. The van der Waals surface area contributed by atoms with Crippen LogP contribution in [0, 0.1) is 0 Å². The lowest BCUT2D eigenvalue weighted by molar-refractivity contribution is -0.137. The maximum atomic E-state index is 11.9. The highest BCUT2D eigenvalue weighted by Gasteiger charge is 2.21. The molecule has 1 rings (SSSR count). The first-order valence-corrected chi connectivity index (χ1v) is 7.42. The molecule has 0 bridgehead atoms. The molecule has 0 atom stereocenters. The zero-order valence-corrected chi connectivity index (χ0v) is 13.6. The molecule has 1 aromatic rings. The summed E-state index contributed by atoms with van der Waals surface area (Å²) in [4.78, 5) is 22.5. The van der Waals surface area contributed by atoms with Gasteiger partial charge in [-0.05, 0) is 44.4 Å². The van der Waals surface area contributed by atoms with Gasteiger partial charge in [0.2, 0.25) is 5.91 Å². The van der Waals surface area contributed by atoms with E-state index in [4.69, 9.17) is 28.3 Å². The molecule has 6 heteroatoms. The van der Waals surface area contributed by atoms with E-state index in [0.29, 0.717) is 29.3 Å². The van der Waals surface area contributed by atoms with Crippen LogP contribution in [-0.4, -0.2) is 22.5 Å². The molecule has 21 heavy (non-hydrogen) atoms. The molecule has 2 N–H and O–H groups in total. The lowest BCUT2D eigenvalue weighted by atomic mass is 9.98. The number of carbonyl (C=O) groups is 2. The summed E-state index contributed by atoms with van der Waals surface area (Å²) in [6.07, 6.45) is 1.28. The smallest absolute Gasteiger partial charge is 0.303 e. The lowest BCUT2D eigenvalue weighted by Gasteiger charge is -2.25. The highest BCUT2D eigenvalue weighted by molar-refractivity contribution is 6.42. The Labute approximate surface area is 134 Å². The van der Waals surface area contributed by atoms with E-state index in [1.165, 1.54) is 0 Å². The van der Waals surface area contributed by atoms with E-state index < -0.39 is 11.5 Å². The van der Waals surface area contributed by atoms with Gasteiger partial charge in [0.25, 0.3) is 0 Å². The molecule has 1 aromatic carbocycles. The van der Waals surface area contributed by atoms with Crippen molar-refractivity contribution in [2.45, 2.75) is 45.1 Å². The van der Waals surface area contributed by atoms with Gasteiger partial charge in [-0.1, -0.05) is 29.3 Å². The van der Waals surface area contributed by atoms with Crippen LogP contribution in [0.5, 0.6) is 0 Å². The lowest BCUT2D eigenvalue weighted by Crippen LogP contribution is -2.43. The highest BCUT2D eigenvalue weighted by Crippen LogP contribution is 2.23. The monoisotopic (exact) mass is 331 g/mol. The molecule has 0 aliphatic rings. The van der Waals surface area contributed by atoms with Gasteiger partial charge in [-0.3, -0.25) is 9.59 Å². The second kappa shape index (κ2) is 7.66. The molecule has 0 heterocycles. The molecule has 0 spiro atoms. The van der Waals surface area contributed by atoms with Crippen molar-refractivity contribution >= 4 is 35.1 Å². The second-order valence-electron chi connectivity index (χ2n) is 5.57. The maximum Gasteiger partial charge on any atom is 0.303 e. The number of carbonyl (C=O) groups excluding carboxylic acids is 1. The van der Waals surface area contributed by atoms with E-state index in [-0.39, 0.29) is 12.3 Å². The Hall–Kier alpha value is -1.26. The Kier molecular flexibility index (Phi) is 6.49. The molecule has 0 saturated carbocycles. The summed E-state index contributed by atoms with van der Waals surface area (Å²) in [5, 5.41) is 12.5. The number of rotatable bonds is 7. The second-order valence-corrected chi connectivity index (χ2v) is 6.39. The summed E-state index contributed by atoms with van der Waals surface area (Å²) in [5.41, 5.74) is 0.399. The summed E-state index contributed by atoms with van der Waals surface area (Å²) >= 11 is 11.8. The summed E-state index contributed by atoms with van der Waals surface area (Å²) in [6, 6.07) is 5.28. The molecule has 116 valence electrons. The van der Waals surface area contributed by atoms with Crippen molar-refractivity contribution in [3.8, 4) is 0 Å². The first kappa shape index (κ1) is 17.8. The van der Waals surface area contributed by atoms with Crippen LogP contribution in [0.15, 0.2) is 18.2 Å². The molecule has 0 aliphatic heterocycles. The van der Waals surface area contributed by atoms with Crippen LogP contribution >= 0.6 is 23.2 Å². The third-order valence-corrected chi connectivity index (χ3v) is 3.81. The predicted molar refractivity (Wildman–Crippen MR) is 83.9 cm³/mol. The highest BCUT2D eigenvalue weighted by atomic mass is 35.5. The number of halogens is 2. The number of hydrogen-bond acceptors (Lipinski definition) is 2. The Morgan fingerprint density at radius 2 is 1.86 bits per heavy atom. The molecule has 0 unspecified atom stereocenters. The number of amides is 1. The number of nitrogens with one attached hydrogen (secondary N) is 1. The van der Waals surface area contributed by atoms with Crippen molar-refractivity contribution < 1.29 is 14.7 Å². The summed E-state index contributed by atoms with van der Waals surface area (Å²) in [7, 11) is 0. The van der Waals surface area contributed by atoms with E-state index in [2.05, 4.69) is 5.32 Å². The van der Waals surface area contributed by atoms with Crippen LogP contribution in [0.25, 0.3) is 0 Å². The molecule has 0 saturated heterocycles. The molecular formula is C15H19Cl2NO3. The first-order chi connectivity index (χ1) is 9.69. The van der Waals surface area contributed by atoms with Gasteiger partial charge in [0.05, 0.1) is 10.0 Å². The van der Waals surface area contributed by atoms with Gasteiger partial charge >= 0.3 is 5.97 Å². The number of carboxylic acid groups (broad SMARTS) is 1. The fourth-order valence-corrected chi connectivity index (χ4v) is 2.20. The normalized spacial score (nSPS) is 11.2. The third kappa shape index (κ3) is 6.82. The molecule has 1 amide bonds. The number of hydrogen-bond donors (Lipinski definition) is 2. The maximum absolute atomic E-state index is 11.9. The van der Waals surface area contributed by atoms with Crippen molar-refractivity contribution in [1.29, 1.82) is 0 Å². The van der Waals surface area contributed by atoms with E-state index in [1.807, 2.05) is 19.9 Å². The van der Waals surface area contributed by atoms with Crippen molar-refractivity contribution in [3.63, 3.8) is 0 Å². The van der Waals surface area contributed by atoms with Gasteiger partial charge in [-0.2, -0.15) is 0 Å². The third-order valence-electron chi connectivity index (χ3n) is 3.07. The van der Waals surface area contributed by atoms with Crippen LogP contribution < -0.4 is 5.32 Å². The zero-order valence-electron chi connectivity index (χ0n) is 12.1. The van der Waals surface area contributed by atoms with Gasteiger partial charge in [-0.15, -0.1) is 0 Å². The number of aryl methyl sites for hydroxylation is 1. The Bertz CT molecular complexity index is 530. The average Bonchev–Trinajstić information content (AvgIpc) is 2.37. The minimum Gasteiger partial charge on any atom is -0.481 e. The number of carboxylic acids is 1. The van der Waals surface area contributed by atoms with Crippen LogP contribution in [0.4, 0.5) is 0 Å². The molecule has 4 nitrogen and oxygen atoms in total. The van der Waals surface area contributed by atoms with E-state index in [0.717, 1.165) is 5.56 Å². The van der Waals surface area contributed by atoms with Crippen LogP contribution in [-0.2, 0) is 16.0 Å². The molecule has 0 radical (unpaired) electrons. The predicted octanol–water partition coefficient (Wildman–Crippen LogP) is 3.69. The van der Waals surface area contributed by atoms with Crippen LogP contribution in [0.2, 0.25) is 10.0 Å². The standard InChI is InChI=1S/C15H19Cl2NO3/c1-15(2,8-7-14(20)21)18-13(19)6-4-10-3-5-11(16)12(17)9-10/h3,5,9H,4,6-8H2,1-2H3,(H,18,19)(H,20,21). The van der Waals surface area contributed by atoms with Gasteiger partial charge in [-0.25, -0.2) is 0 Å². The van der Waals surface area contributed by atoms with Gasteiger partial charge in [0.15, 0.2) is 0 Å². The SMILES string of the molecule is CC(C)(CCC(=O)O)NC(=O)CCc1ccc(Cl)c(Cl)c1. The largest absolute Gasteiger partial charge is 0.481 e. The quantitative estimate of drug-likeness (QED) is 0.800. The fourth-order valence-electron chi connectivity index (χ4n) is 1.87. The van der Waals surface area contributed by atoms with Gasteiger partial charge < -0.3 is 10.4 Å². The van der Waals surface area contributed by atoms with Gasteiger partial charge in [0.1, 0.15) is 0 Å². The van der Waals surface area contributed by atoms with E-state index in [1.54, 1.807) is 12.1 Å². The van der Waals surface area contributed by atoms with Gasteiger partial charge in [0, 0.05) is 18.4 Å². The summed E-state index contributed by atoms with van der Waals surface area (Å²) in [5.74, 6) is -0.982. The van der Waals surface area contributed by atoms with Crippen molar-refractivity contribution in [2.24, 2.45) is 0 Å². The van der Waals surface area contributed by atoms with Crippen molar-refractivity contribution in [3.05, 3.63) is 33.8 Å². The van der Waals surface area contributed by atoms with E-state index in [9.17, 15) is 9.59 Å².